The van der Waals surface area contributed by atoms with Crippen molar-refractivity contribution in [2.75, 3.05) is 0 Å². The number of carbonyl (C=O) groups excluding carboxylic acids is 1. The molecule has 1 radical (unpaired) electrons. The van der Waals surface area contributed by atoms with Gasteiger partial charge in [0.15, 0.2) is 0 Å². The van der Waals surface area contributed by atoms with E-state index in [2.05, 4.69) is 6.07 Å². The van der Waals surface area contributed by atoms with Gasteiger partial charge >= 0.3 is 0 Å². The molecular weight excluding hydrogens is 321 g/mol. The predicted molar refractivity (Wildman–Crippen MR) is 70.6 cm³/mol. The molecule has 0 aliphatic heterocycles. The molecule has 0 heterocycles. The Balaban J connectivity index is 0.00000162. The van der Waals surface area contributed by atoms with E-state index in [0.29, 0.717) is 0 Å². The van der Waals surface area contributed by atoms with Crippen LogP contribution in [0.4, 0.5) is 0 Å². The molecule has 0 fully saturated rings. The summed E-state index contributed by atoms with van der Waals surface area (Å²) in [5.41, 5.74) is 3.23. The summed E-state index contributed by atoms with van der Waals surface area (Å²) in [6, 6.07) is 18.7. The van der Waals surface area contributed by atoms with Crippen LogP contribution in [0.5, 0.6) is 0 Å². The largest absolute Gasteiger partial charge is 0.276 e. The summed E-state index contributed by atoms with van der Waals surface area (Å²) in [5.74, 6) is 0. The molecule has 0 unspecified atom stereocenters. The van der Waals surface area contributed by atoms with E-state index in [-0.39, 0.29) is 32.7 Å². The molecule has 0 bridgehead atoms. The van der Waals surface area contributed by atoms with Crippen LogP contribution in [0.15, 0.2) is 54.6 Å². The Kier molecular flexibility index (Phi) is 6.49. The summed E-state index contributed by atoms with van der Waals surface area (Å²) in [4.78, 5) is 10.6. The quantitative estimate of drug-likeness (QED) is 0.473. The van der Waals surface area contributed by atoms with Gasteiger partial charge in [-0.15, -0.1) is 5.56 Å². The van der Waals surface area contributed by atoms with Crippen molar-refractivity contribution in [1.29, 1.82) is 0 Å². The Labute approximate surface area is 137 Å². The maximum atomic E-state index is 10.6. The van der Waals surface area contributed by atoms with Crippen LogP contribution in [0.25, 0.3) is 17.2 Å². The minimum Gasteiger partial charge on any atom is -0.276 e. The molecule has 0 aliphatic carbocycles. The Morgan fingerprint density at radius 3 is 2.11 bits per heavy atom. The summed E-state index contributed by atoms with van der Waals surface area (Å²) in [6.45, 7) is 0. The van der Waals surface area contributed by atoms with Gasteiger partial charge in [-0.3, -0.25) is 4.79 Å². The molecule has 18 heavy (non-hydrogen) atoms. The van der Waals surface area contributed by atoms with E-state index in [9.17, 15) is 4.79 Å². The fraction of sp³-hybridized carbons (Fsp3) is 0. The number of halogens is 1. The maximum absolute atomic E-state index is 10.6. The van der Waals surface area contributed by atoms with Crippen LogP contribution in [0.1, 0.15) is 5.56 Å². The molecule has 0 saturated heterocycles. The van der Waals surface area contributed by atoms with E-state index in [0.717, 1.165) is 16.7 Å². The smallest absolute Gasteiger partial charge is 0.245 e. The molecule has 1 nitrogen and oxygen atoms in total. The van der Waals surface area contributed by atoms with Gasteiger partial charge in [0.05, 0.1) is 0 Å². The fourth-order valence-electron chi connectivity index (χ4n) is 1.53. The molecule has 0 saturated carbocycles. The van der Waals surface area contributed by atoms with Crippen LogP contribution in [-0.2, 0) is 37.5 Å². The molecule has 2 aromatic carbocycles. The van der Waals surface area contributed by atoms with Gasteiger partial charge in [0.2, 0.25) is 5.24 Å². The molecule has 2 aromatic rings. The predicted octanol–water partition coefficient (Wildman–Crippen LogP) is 3.93. The third-order valence-electron chi connectivity index (χ3n) is 2.37. The minimum absolute atomic E-state index is 0. The molecule has 0 aromatic heterocycles. The Morgan fingerprint density at radius 1 is 1.00 bits per heavy atom. The van der Waals surface area contributed by atoms with E-state index in [4.69, 9.17) is 11.6 Å². The summed E-state index contributed by atoms with van der Waals surface area (Å²) in [6.07, 6.45) is 3.03. The van der Waals surface area contributed by atoms with Crippen molar-refractivity contribution in [3.8, 4) is 11.1 Å². The first-order valence-corrected chi connectivity index (χ1v) is 5.57. The molecule has 0 aliphatic rings. The Hall–Kier alpha value is -0.756. The van der Waals surface area contributed by atoms with Crippen molar-refractivity contribution >= 4 is 22.9 Å². The van der Waals surface area contributed by atoms with Gasteiger partial charge < -0.3 is 0 Å². The van der Waals surface area contributed by atoms with E-state index in [1.165, 1.54) is 6.08 Å². The molecule has 3 heteroatoms. The zero-order valence-electron chi connectivity index (χ0n) is 9.64. The van der Waals surface area contributed by atoms with E-state index in [1.54, 1.807) is 6.08 Å². The third kappa shape index (κ3) is 4.49. The summed E-state index contributed by atoms with van der Waals surface area (Å²) in [7, 11) is 0. The number of benzene rings is 2. The van der Waals surface area contributed by atoms with Gasteiger partial charge in [0.1, 0.15) is 0 Å². The molecular formula is C15H10ClOY-. The number of rotatable bonds is 3. The average Bonchev–Trinajstić information content (AvgIpc) is 2.38. The summed E-state index contributed by atoms with van der Waals surface area (Å²) >= 11 is 5.23. The van der Waals surface area contributed by atoms with Crippen molar-refractivity contribution in [3.63, 3.8) is 0 Å². The van der Waals surface area contributed by atoms with Crippen molar-refractivity contribution in [3.05, 3.63) is 66.2 Å². The van der Waals surface area contributed by atoms with Crippen LogP contribution < -0.4 is 0 Å². The second-order valence-corrected chi connectivity index (χ2v) is 3.92. The first-order chi connectivity index (χ1) is 8.25. The normalized spacial score (nSPS) is 10.1. The van der Waals surface area contributed by atoms with Gasteiger partial charge in [0, 0.05) is 32.7 Å². The first kappa shape index (κ1) is 15.3. The summed E-state index contributed by atoms with van der Waals surface area (Å²) < 4.78 is 0. The monoisotopic (exact) mass is 330 g/mol. The van der Waals surface area contributed by atoms with Crippen molar-refractivity contribution in [2.45, 2.75) is 0 Å². The number of hydrogen-bond acceptors (Lipinski definition) is 1. The van der Waals surface area contributed by atoms with E-state index in [1.807, 2.05) is 48.5 Å². The van der Waals surface area contributed by atoms with Crippen LogP contribution in [-0.4, -0.2) is 5.24 Å². The zero-order chi connectivity index (χ0) is 12.1. The first-order valence-electron chi connectivity index (χ1n) is 5.20. The van der Waals surface area contributed by atoms with Crippen LogP contribution in [0, 0.1) is 6.07 Å². The van der Waals surface area contributed by atoms with Gasteiger partial charge in [-0.2, -0.15) is 30.3 Å². The van der Waals surface area contributed by atoms with E-state index < -0.39 is 5.24 Å². The topological polar surface area (TPSA) is 17.1 Å². The molecule has 2 rings (SSSR count). The number of hydrogen-bond donors (Lipinski definition) is 0. The average molecular weight is 331 g/mol. The van der Waals surface area contributed by atoms with Gasteiger partial charge in [-0.25, -0.2) is 0 Å². The van der Waals surface area contributed by atoms with Gasteiger partial charge in [-0.1, -0.05) is 30.3 Å². The van der Waals surface area contributed by atoms with Crippen LogP contribution in [0.2, 0.25) is 0 Å². The second-order valence-electron chi connectivity index (χ2n) is 3.55. The second kappa shape index (κ2) is 7.63. The Bertz CT molecular complexity index is 532. The molecule has 87 valence electrons. The standard InChI is InChI=1S/C15H10ClO.Y/c16-15(17)11-8-12-6-9-14(10-7-12)13-4-2-1-3-5-13;/h2-11H;/q-1;. The number of carbonyl (C=O) groups is 1. The fourth-order valence-corrected chi connectivity index (χ4v) is 1.59. The minimum atomic E-state index is -0.465. The molecule has 0 N–H and O–H groups in total. The third-order valence-corrected chi connectivity index (χ3v) is 2.50. The zero-order valence-corrected chi connectivity index (χ0v) is 13.2. The van der Waals surface area contributed by atoms with E-state index >= 15 is 0 Å². The maximum Gasteiger partial charge on any atom is 0.245 e. The van der Waals surface area contributed by atoms with Crippen molar-refractivity contribution in [1.82, 2.24) is 0 Å². The van der Waals surface area contributed by atoms with Crippen molar-refractivity contribution < 1.29 is 37.5 Å². The van der Waals surface area contributed by atoms with Gasteiger partial charge in [0.25, 0.3) is 0 Å². The summed E-state index contributed by atoms with van der Waals surface area (Å²) in [5, 5.41) is -0.465. The molecule has 0 spiro atoms. The molecule has 0 atom stereocenters. The van der Waals surface area contributed by atoms with Crippen molar-refractivity contribution in [2.24, 2.45) is 0 Å². The number of allylic oxidation sites excluding steroid dienone is 1. The van der Waals surface area contributed by atoms with Crippen LogP contribution >= 0.6 is 11.6 Å². The van der Waals surface area contributed by atoms with Gasteiger partial charge in [-0.05, 0) is 28.8 Å². The van der Waals surface area contributed by atoms with Crippen LogP contribution in [0.3, 0.4) is 0 Å². The Morgan fingerprint density at radius 2 is 1.56 bits per heavy atom. The molecule has 0 amide bonds. The SMILES string of the molecule is O=C(Cl)C=Cc1ccc(-c2cc[c-]cc2)cc1.[Y].